The van der Waals surface area contributed by atoms with Gasteiger partial charge in [0.1, 0.15) is 5.75 Å². The highest BCUT2D eigenvalue weighted by Crippen LogP contribution is 2.31. The first-order valence-electron chi connectivity index (χ1n) is 15.1. The highest BCUT2D eigenvalue weighted by Gasteiger charge is 2.22. The van der Waals surface area contributed by atoms with E-state index in [1.54, 1.807) is 37.5 Å². The highest BCUT2D eigenvalue weighted by atomic mass is 16.5. The Kier molecular flexibility index (Phi) is 9.91. The lowest BCUT2D eigenvalue weighted by Crippen LogP contribution is -2.30. The van der Waals surface area contributed by atoms with Gasteiger partial charge >= 0.3 is 0 Å². The van der Waals surface area contributed by atoms with Crippen molar-refractivity contribution in [1.82, 2.24) is 25.4 Å². The van der Waals surface area contributed by atoms with Gasteiger partial charge in [0.05, 0.1) is 24.4 Å². The molecule has 4 aromatic rings. The fourth-order valence-electron chi connectivity index (χ4n) is 5.51. The van der Waals surface area contributed by atoms with Gasteiger partial charge in [-0.3, -0.25) is 9.59 Å². The van der Waals surface area contributed by atoms with E-state index in [1.807, 2.05) is 36.0 Å². The third kappa shape index (κ3) is 6.75. The van der Waals surface area contributed by atoms with Crippen LogP contribution >= 0.6 is 0 Å². The standard InChI is InChI=1S/C34H40N6O4/c1-5-22-11-12-30(43-4)25(17-22)19-35-33(41)23-9-8-10-24(18-23)34(42)36-20-27-29(6-2)39-32-28(21-37-40(32)7-3)31(27)38-26-13-15-44-16-14-26/h5,8-12,17-18,21,26H,1,6-7,13-16,19-20H2,2-4H3,(H,35,41)(H,36,42)(H,38,39). The molecular weight excluding hydrogens is 556 g/mol. The van der Waals surface area contributed by atoms with Crippen LogP contribution in [0.25, 0.3) is 17.1 Å². The molecule has 3 heterocycles. The molecule has 2 aromatic carbocycles. The summed E-state index contributed by atoms with van der Waals surface area (Å²) in [5.74, 6) is 0.115. The Balaban J connectivity index is 1.33. The smallest absolute Gasteiger partial charge is 0.251 e. The summed E-state index contributed by atoms with van der Waals surface area (Å²) in [6.07, 6.45) is 6.10. The molecule has 0 spiro atoms. The van der Waals surface area contributed by atoms with Crippen molar-refractivity contribution in [2.45, 2.75) is 58.8 Å². The van der Waals surface area contributed by atoms with E-state index < -0.39 is 0 Å². The number of methoxy groups -OCH3 is 1. The number of fused-ring (bicyclic) bond motifs is 1. The summed E-state index contributed by atoms with van der Waals surface area (Å²) in [7, 11) is 1.59. The zero-order valence-electron chi connectivity index (χ0n) is 25.6. The van der Waals surface area contributed by atoms with E-state index in [9.17, 15) is 9.59 Å². The normalized spacial score (nSPS) is 13.4. The number of rotatable bonds is 12. The Labute approximate surface area is 257 Å². The number of amides is 2. The van der Waals surface area contributed by atoms with Crippen molar-refractivity contribution < 1.29 is 19.1 Å². The predicted molar refractivity (Wildman–Crippen MR) is 172 cm³/mol. The van der Waals surface area contributed by atoms with Gasteiger partial charge in [0.2, 0.25) is 0 Å². The number of carbonyl (C=O) groups excluding carboxylic acids is 2. The topological polar surface area (TPSA) is 119 Å². The minimum Gasteiger partial charge on any atom is -0.496 e. The average Bonchev–Trinajstić information content (AvgIpc) is 3.49. The molecule has 0 unspecified atom stereocenters. The Morgan fingerprint density at radius 1 is 1.07 bits per heavy atom. The molecule has 1 aliphatic rings. The second-order valence-corrected chi connectivity index (χ2v) is 10.7. The predicted octanol–water partition coefficient (Wildman–Crippen LogP) is 5.12. The molecule has 10 heteroatoms. The maximum atomic E-state index is 13.4. The molecule has 44 heavy (non-hydrogen) atoms. The average molecular weight is 597 g/mol. The first-order chi connectivity index (χ1) is 21.4. The fraction of sp³-hybridized carbons (Fsp3) is 0.353. The van der Waals surface area contributed by atoms with Crippen molar-refractivity contribution in [3.05, 3.63) is 88.8 Å². The Morgan fingerprint density at radius 3 is 2.45 bits per heavy atom. The third-order valence-corrected chi connectivity index (χ3v) is 7.97. The molecule has 0 aliphatic carbocycles. The van der Waals surface area contributed by atoms with Crippen molar-refractivity contribution in [1.29, 1.82) is 0 Å². The number of hydrogen-bond donors (Lipinski definition) is 3. The first-order valence-corrected chi connectivity index (χ1v) is 15.1. The first kappa shape index (κ1) is 30.7. The minimum atomic E-state index is -0.287. The molecule has 0 bridgehead atoms. The Morgan fingerprint density at radius 2 is 1.80 bits per heavy atom. The quantitative estimate of drug-likeness (QED) is 0.208. The third-order valence-electron chi connectivity index (χ3n) is 7.97. The van der Waals surface area contributed by atoms with Crippen LogP contribution in [0.4, 0.5) is 5.69 Å². The second kappa shape index (κ2) is 14.2. The van der Waals surface area contributed by atoms with Gasteiger partial charge in [-0.25, -0.2) is 9.67 Å². The van der Waals surface area contributed by atoms with E-state index >= 15 is 0 Å². The molecule has 230 valence electrons. The van der Waals surface area contributed by atoms with Crippen LogP contribution in [0.2, 0.25) is 0 Å². The van der Waals surface area contributed by atoms with E-state index in [2.05, 4.69) is 34.6 Å². The molecule has 3 N–H and O–H groups in total. The number of benzene rings is 2. The van der Waals surface area contributed by atoms with Gasteiger partial charge in [0.25, 0.3) is 11.8 Å². The summed E-state index contributed by atoms with van der Waals surface area (Å²) in [5, 5.41) is 15.2. The highest BCUT2D eigenvalue weighted by molar-refractivity contribution is 6.00. The number of aromatic nitrogens is 3. The number of ether oxygens (including phenoxy) is 2. The summed E-state index contributed by atoms with van der Waals surface area (Å²) in [4.78, 5) is 31.4. The SMILES string of the molecule is C=Cc1ccc(OC)c(CNC(=O)c2cccc(C(=O)NCc3c(CC)nc4c(cnn4CC)c3NC3CCOCC3)c2)c1. The number of nitrogens with zero attached hydrogens (tertiary/aromatic N) is 3. The molecule has 2 amide bonds. The second-order valence-electron chi connectivity index (χ2n) is 10.7. The van der Waals surface area contributed by atoms with Gasteiger partial charge in [-0.2, -0.15) is 5.10 Å². The summed E-state index contributed by atoms with van der Waals surface area (Å²) in [6.45, 7) is 10.6. The molecule has 1 fully saturated rings. The van der Waals surface area contributed by atoms with E-state index in [-0.39, 0.29) is 30.9 Å². The molecule has 0 saturated carbocycles. The van der Waals surface area contributed by atoms with Crippen LogP contribution in [0.5, 0.6) is 5.75 Å². The molecule has 0 radical (unpaired) electrons. The molecule has 0 atom stereocenters. The van der Waals surface area contributed by atoms with Gasteiger partial charge in [0.15, 0.2) is 5.65 Å². The van der Waals surface area contributed by atoms with Crippen LogP contribution in [-0.2, 0) is 30.8 Å². The maximum Gasteiger partial charge on any atom is 0.251 e. The minimum absolute atomic E-state index is 0.257. The molecule has 10 nitrogen and oxygen atoms in total. The van der Waals surface area contributed by atoms with Gasteiger partial charge in [0, 0.05) is 66.8 Å². The van der Waals surface area contributed by atoms with E-state index in [0.29, 0.717) is 43.1 Å². The van der Waals surface area contributed by atoms with Gasteiger partial charge < -0.3 is 25.4 Å². The van der Waals surface area contributed by atoms with Crippen LogP contribution in [0.15, 0.2) is 55.2 Å². The van der Waals surface area contributed by atoms with Gasteiger partial charge in [-0.15, -0.1) is 0 Å². The van der Waals surface area contributed by atoms with Crippen LogP contribution in [0.1, 0.15) is 69.8 Å². The number of aryl methyl sites for hydroxylation is 2. The fourth-order valence-corrected chi connectivity index (χ4v) is 5.51. The van der Waals surface area contributed by atoms with E-state index in [4.69, 9.17) is 14.5 Å². The lowest BCUT2D eigenvalue weighted by atomic mass is 10.0. The van der Waals surface area contributed by atoms with Gasteiger partial charge in [-0.1, -0.05) is 31.7 Å². The van der Waals surface area contributed by atoms with Crippen molar-refractivity contribution in [3.8, 4) is 5.75 Å². The van der Waals surface area contributed by atoms with Crippen molar-refractivity contribution in [2.24, 2.45) is 0 Å². The van der Waals surface area contributed by atoms with E-state index in [0.717, 1.165) is 51.9 Å². The summed E-state index contributed by atoms with van der Waals surface area (Å²) >= 11 is 0. The van der Waals surface area contributed by atoms with Crippen molar-refractivity contribution >= 4 is 34.6 Å². The summed E-state index contributed by atoms with van der Waals surface area (Å²) < 4.78 is 12.9. The maximum absolute atomic E-state index is 13.4. The number of anilines is 1. The summed E-state index contributed by atoms with van der Waals surface area (Å²) in [5.41, 5.74) is 6.20. The van der Waals surface area contributed by atoms with E-state index in [1.165, 1.54) is 0 Å². The monoisotopic (exact) mass is 596 g/mol. The zero-order valence-corrected chi connectivity index (χ0v) is 25.6. The number of pyridine rings is 1. The van der Waals surface area contributed by atoms with Crippen LogP contribution in [0.3, 0.4) is 0 Å². The lowest BCUT2D eigenvalue weighted by Gasteiger charge is -2.26. The zero-order chi connectivity index (χ0) is 31.1. The molecule has 1 saturated heterocycles. The molecular formula is C34H40N6O4. The van der Waals surface area contributed by atoms with Gasteiger partial charge in [-0.05, 0) is 62.1 Å². The molecule has 5 rings (SSSR count). The van der Waals surface area contributed by atoms with Crippen LogP contribution in [-0.4, -0.2) is 52.9 Å². The number of carbonyl (C=O) groups is 2. The van der Waals surface area contributed by atoms with Crippen molar-refractivity contribution in [2.75, 3.05) is 25.6 Å². The van der Waals surface area contributed by atoms with Crippen LogP contribution in [0, 0.1) is 0 Å². The molecule has 2 aromatic heterocycles. The molecule has 1 aliphatic heterocycles. The lowest BCUT2D eigenvalue weighted by molar-refractivity contribution is 0.0904. The Bertz CT molecular complexity index is 1660. The summed E-state index contributed by atoms with van der Waals surface area (Å²) in [6, 6.07) is 12.6. The number of hydrogen-bond acceptors (Lipinski definition) is 7. The Hall–Kier alpha value is -4.70. The largest absolute Gasteiger partial charge is 0.496 e. The van der Waals surface area contributed by atoms with Crippen LogP contribution < -0.4 is 20.7 Å². The van der Waals surface area contributed by atoms with Crippen molar-refractivity contribution in [3.63, 3.8) is 0 Å². The number of nitrogens with one attached hydrogen (secondary N) is 3.